The molecule has 0 aromatic rings. The van der Waals surface area contributed by atoms with E-state index < -0.39 is 12.7 Å². The van der Waals surface area contributed by atoms with Gasteiger partial charge in [-0.3, -0.25) is 9.80 Å². The SMILES string of the molecule is FC(F)(F)CN1CCCN(CCOC2CCCCCC2)CC1. The number of halogens is 3. The Hall–Kier alpha value is -0.330. The maximum Gasteiger partial charge on any atom is 0.401 e. The molecule has 0 aromatic heterocycles. The molecule has 2 rings (SSSR count). The van der Waals surface area contributed by atoms with Gasteiger partial charge in [0.25, 0.3) is 0 Å². The minimum atomic E-state index is -4.09. The summed E-state index contributed by atoms with van der Waals surface area (Å²) in [4.78, 5) is 3.76. The van der Waals surface area contributed by atoms with Crippen LogP contribution in [0.25, 0.3) is 0 Å². The quantitative estimate of drug-likeness (QED) is 0.722. The lowest BCUT2D eigenvalue weighted by Crippen LogP contribution is -2.37. The zero-order valence-electron chi connectivity index (χ0n) is 13.4. The van der Waals surface area contributed by atoms with E-state index in [0.29, 0.717) is 32.3 Å². The Kier molecular flexibility index (Phi) is 7.44. The number of alkyl halides is 3. The zero-order chi connectivity index (χ0) is 15.8. The summed E-state index contributed by atoms with van der Waals surface area (Å²) in [6.45, 7) is 3.41. The summed E-state index contributed by atoms with van der Waals surface area (Å²) in [5.41, 5.74) is 0. The van der Waals surface area contributed by atoms with Gasteiger partial charge in [0.15, 0.2) is 0 Å². The van der Waals surface area contributed by atoms with Gasteiger partial charge in [0.2, 0.25) is 0 Å². The maximum absolute atomic E-state index is 12.4. The molecular formula is C16H29F3N2O. The fourth-order valence-electron chi connectivity index (χ4n) is 3.42. The second kappa shape index (κ2) is 9.08. The minimum Gasteiger partial charge on any atom is -0.377 e. The van der Waals surface area contributed by atoms with Crippen LogP contribution in [0.15, 0.2) is 0 Å². The first-order chi connectivity index (χ1) is 10.5. The summed E-state index contributed by atoms with van der Waals surface area (Å²) in [7, 11) is 0. The molecule has 1 saturated heterocycles. The highest BCUT2D eigenvalue weighted by atomic mass is 19.4. The summed E-state index contributed by atoms with van der Waals surface area (Å²) >= 11 is 0. The molecule has 3 nitrogen and oxygen atoms in total. The fourth-order valence-corrected chi connectivity index (χ4v) is 3.42. The summed E-state index contributed by atoms with van der Waals surface area (Å²) in [5, 5.41) is 0. The van der Waals surface area contributed by atoms with Crippen molar-refractivity contribution in [2.24, 2.45) is 0 Å². The summed E-state index contributed by atoms with van der Waals surface area (Å²) in [6.07, 6.45) is 4.62. The van der Waals surface area contributed by atoms with Crippen molar-refractivity contribution in [2.75, 3.05) is 45.9 Å². The van der Waals surface area contributed by atoms with Gasteiger partial charge in [-0.05, 0) is 32.4 Å². The zero-order valence-corrected chi connectivity index (χ0v) is 13.4. The summed E-state index contributed by atoms with van der Waals surface area (Å²) < 4.78 is 43.3. The smallest absolute Gasteiger partial charge is 0.377 e. The summed E-state index contributed by atoms with van der Waals surface area (Å²) in [6, 6.07) is 0. The first-order valence-electron chi connectivity index (χ1n) is 8.66. The van der Waals surface area contributed by atoms with E-state index in [-0.39, 0.29) is 0 Å². The number of ether oxygens (including phenoxy) is 1. The van der Waals surface area contributed by atoms with E-state index >= 15 is 0 Å². The minimum absolute atomic E-state index is 0.399. The van der Waals surface area contributed by atoms with Gasteiger partial charge >= 0.3 is 6.18 Å². The van der Waals surface area contributed by atoms with Crippen LogP contribution in [0, 0.1) is 0 Å². The predicted molar refractivity (Wildman–Crippen MR) is 81.0 cm³/mol. The fraction of sp³-hybridized carbons (Fsp3) is 1.00. The largest absolute Gasteiger partial charge is 0.401 e. The second-order valence-corrected chi connectivity index (χ2v) is 6.57. The standard InChI is InChI=1S/C16H29F3N2O/c17-16(18,19)14-21-9-5-8-20(10-11-21)12-13-22-15-6-3-1-2-4-7-15/h15H,1-14H2. The van der Waals surface area contributed by atoms with Crippen LogP contribution in [0.2, 0.25) is 0 Å². The van der Waals surface area contributed by atoms with E-state index in [1.54, 1.807) is 0 Å². The molecule has 2 aliphatic rings. The van der Waals surface area contributed by atoms with Gasteiger partial charge in [0.1, 0.15) is 0 Å². The third-order valence-corrected chi connectivity index (χ3v) is 4.65. The van der Waals surface area contributed by atoms with Gasteiger partial charge in [0, 0.05) is 19.6 Å². The second-order valence-electron chi connectivity index (χ2n) is 6.57. The van der Waals surface area contributed by atoms with Crippen molar-refractivity contribution in [3.05, 3.63) is 0 Å². The molecule has 1 aliphatic heterocycles. The first kappa shape index (κ1) is 18.0. The van der Waals surface area contributed by atoms with Crippen molar-refractivity contribution < 1.29 is 17.9 Å². The van der Waals surface area contributed by atoms with E-state index in [0.717, 1.165) is 19.5 Å². The molecule has 0 atom stereocenters. The maximum atomic E-state index is 12.4. The highest BCUT2D eigenvalue weighted by Crippen LogP contribution is 2.20. The van der Waals surface area contributed by atoms with Crippen LogP contribution in [0.1, 0.15) is 44.9 Å². The average Bonchev–Trinajstić information content (AvgIpc) is 2.81. The molecule has 1 heterocycles. The number of hydrogen-bond acceptors (Lipinski definition) is 3. The van der Waals surface area contributed by atoms with Gasteiger partial charge in [0.05, 0.1) is 19.3 Å². The molecule has 0 radical (unpaired) electrons. The van der Waals surface area contributed by atoms with Gasteiger partial charge in [-0.2, -0.15) is 13.2 Å². The van der Waals surface area contributed by atoms with Crippen LogP contribution in [-0.2, 0) is 4.74 Å². The highest BCUT2D eigenvalue weighted by molar-refractivity contribution is 4.72. The van der Waals surface area contributed by atoms with Crippen LogP contribution >= 0.6 is 0 Å². The van der Waals surface area contributed by atoms with E-state index in [4.69, 9.17) is 4.74 Å². The lowest BCUT2D eigenvalue weighted by atomic mass is 10.1. The van der Waals surface area contributed by atoms with Crippen LogP contribution in [0.4, 0.5) is 13.2 Å². The van der Waals surface area contributed by atoms with Crippen molar-refractivity contribution >= 4 is 0 Å². The molecule has 0 aromatic carbocycles. The van der Waals surface area contributed by atoms with Crippen LogP contribution in [0.5, 0.6) is 0 Å². The molecule has 22 heavy (non-hydrogen) atoms. The number of hydrogen-bond donors (Lipinski definition) is 0. The van der Waals surface area contributed by atoms with E-state index in [2.05, 4.69) is 4.90 Å². The predicted octanol–water partition coefficient (Wildman–Crippen LogP) is 3.30. The van der Waals surface area contributed by atoms with Gasteiger partial charge in [-0.15, -0.1) is 0 Å². The Morgan fingerprint density at radius 1 is 0.818 bits per heavy atom. The van der Waals surface area contributed by atoms with E-state index in [1.807, 2.05) is 0 Å². The van der Waals surface area contributed by atoms with Gasteiger partial charge < -0.3 is 4.74 Å². The van der Waals surface area contributed by atoms with Crippen molar-refractivity contribution in [3.63, 3.8) is 0 Å². The van der Waals surface area contributed by atoms with E-state index in [9.17, 15) is 13.2 Å². The average molecular weight is 322 g/mol. The van der Waals surface area contributed by atoms with E-state index in [1.165, 1.54) is 43.4 Å². The van der Waals surface area contributed by atoms with Crippen molar-refractivity contribution in [2.45, 2.75) is 57.2 Å². The number of rotatable bonds is 5. The summed E-state index contributed by atoms with van der Waals surface area (Å²) in [5.74, 6) is 0. The number of nitrogens with zero attached hydrogens (tertiary/aromatic N) is 2. The molecule has 0 N–H and O–H groups in total. The molecule has 0 bridgehead atoms. The lowest BCUT2D eigenvalue weighted by molar-refractivity contribution is -0.145. The Bertz CT molecular complexity index is 304. The van der Waals surface area contributed by atoms with Crippen molar-refractivity contribution in [1.29, 1.82) is 0 Å². The molecule has 1 saturated carbocycles. The molecule has 0 unspecified atom stereocenters. The normalized spacial score (nSPS) is 24.1. The third-order valence-electron chi connectivity index (χ3n) is 4.65. The molecule has 6 heteroatoms. The Morgan fingerprint density at radius 3 is 2.14 bits per heavy atom. The first-order valence-corrected chi connectivity index (χ1v) is 8.66. The lowest BCUT2D eigenvalue weighted by Gasteiger charge is -2.23. The molecule has 1 aliphatic carbocycles. The Balaban J connectivity index is 1.62. The molecular weight excluding hydrogens is 293 g/mol. The van der Waals surface area contributed by atoms with Crippen LogP contribution in [-0.4, -0.2) is 68.0 Å². The topological polar surface area (TPSA) is 15.7 Å². The van der Waals surface area contributed by atoms with Crippen molar-refractivity contribution in [3.8, 4) is 0 Å². The third kappa shape index (κ3) is 7.29. The van der Waals surface area contributed by atoms with Crippen LogP contribution < -0.4 is 0 Å². The molecule has 2 fully saturated rings. The van der Waals surface area contributed by atoms with Gasteiger partial charge in [-0.25, -0.2) is 0 Å². The van der Waals surface area contributed by atoms with Crippen LogP contribution in [0.3, 0.4) is 0 Å². The van der Waals surface area contributed by atoms with Gasteiger partial charge in [-0.1, -0.05) is 25.7 Å². The molecule has 0 amide bonds. The molecule has 130 valence electrons. The Morgan fingerprint density at radius 2 is 1.45 bits per heavy atom. The Labute approximate surface area is 131 Å². The van der Waals surface area contributed by atoms with Crippen molar-refractivity contribution in [1.82, 2.24) is 9.80 Å². The monoisotopic (exact) mass is 322 g/mol. The highest BCUT2D eigenvalue weighted by Gasteiger charge is 2.31. The molecule has 0 spiro atoms.